The summed E-state index contributed by atoms with van der Waals surface area (Å²) in [5.74, 6) is -5.14. The molecule has 1 nitrogen and oxygen atoms in total. The number of fused-ring (bicyclic) bond motifs is 1. The Bertz CT molecular complexity index is 729. The van der Waals surface area contributed by atoms with Crippen molar-refractivity contribution in [3.05, 3.63) is 57.6 Å². The number of halogens is 7. The molecule has 3 rings (SSSR count). The Balaban J connectivity index is 2.15. The number of aromatic amines is 1. The van der Waals surface area contributed by atoms with Crippen LogP contribution in [0.25, 0.3) is 0 Å². The third kappa shape index (κ3) is 3.06. The molecule has 0 fully saturated rings. The summed E-state index contributed by atoms with van der Waals surface area (Å²) < 4.78 is 80.3. The van der Waals surface area contributed by atoms with Gasteiger partial charge in [0.15, 0.2) is 0 Å². The second kappa shape index (κ2) is 5.19. The van der Waals surface area contributed by atoms with E-state index in [2.05, 4.69) is 4.98 Å². The van der Waals surface area contributed by atoms with E-state index >= 15 is 0 Å². The summed E-state index contributed by atoms with van der Waals surface area (Å²) >= 11 is 5.73. The first kappa shape index (κ1) is 16.2. The van der Waals surface area contributed by atoms with Gasteiger partial charge in [0, 0.05) is 35.7 Å². The summed E-state index contributed by atoms with van der Waals surface area (Å²) in [6.45, 7) is 0. The lowest BCUT2D eigenvalue weighted by Gasteiger charge is -2.30. The van der Waals surface area contributed by atoms with Crippen molar-refractivity contribution >= 4 is 11.6 Å². The fraction of sp³-hybridized carbons (Fsp3) is 0.333. The fourth-order valence-corrected chi connectivity index (χ4v) is 3.25. The molecule has 1 atom stereocenters. The number of benzene rings is 1. The number of alkyl halides is 5. The Kier molecular flexibility index (Phi) is 3.66. The monoisotopic (exact) mass is 353 g/mol. The smallest absolute Gasteiger partial charge is 0.364 e. The second-order valence-electron chi connectivity index (χ2n) is 5.58. The Morgan fingerprint density at radius 3 is 2.48 bits per heavy atom. The molecule has 1 aliphatic carbocycles. The van der Waals surface area contributed by atoms with Crippen molar-refractivity contribution in [1.82, 2.24) is 4.98 Å². The molecule has 1 heterocycles. The third-order valence-corrected chi connectivity index (χ3v) is 4.12. The predicted molar refractivity (Wildman–Crippen MR) is 72.3 cm³/mol. The van der Waals surface area contributed by atoms with Crippen molar-refractivity contribution in [1.29, 1.82) is 0 Å². The zero-order valence-electron chi connectivity index (χ0n) is 11.4. The van der Waals surface area contributed by atoms with Gasteiger partial charge in [-0.1, -0.05) is 11.6 Å². The normalized spacial score (nSPS) is 20.4. The van der Waals surface area contributed by atoms with Crippen molar-refractivity contribution in [2.24, 2.45) is 0 Å². The third-order valence-electron chi connectivity index (χ3n) is 3.90. The van der Waals surface area contributed by atoms with E-state index < -0.39 is 47.8 Å². The predicted octanol–water partition coefficient (Wildman–Crippen LogP) is 5.54. The molecular formula is C15H10ClF6N. The molecule has 0 aliphatic heterocycles. The van der Waals surface area contributed by atoms with Gasteiger partial charge in [-0.3, -0.25) is 0 Å². The molecule has 0 saturated carbocycles. The van der Waals surface area contributed by atoms with E-state index in [1.165, 1.54) is 6.07 Å². The maximum atomic E-state index is 14.0. The van der Waals surface area contributed by atoms with Crippen LogP contribution in [0.5, 0.6) is 0 Å². The van der Waals surface area contributed by atoms with Crippen LogP contribution in [0.3, 0.4) is 0 Å². The van der Waals surface area contributed by atoms with Gasteiger partial charge < -0.3 is 4.98 Å². The van der Waals surface area contributed by atoms with Crippen LogP contribution in [0.1, 0.15) is 34.7 Å². The molecule has 0 spiro atoms. The Hall–Kier alpha value is -1.63. The molecule has 1 aromatic carbocycles. The highest BCUT2D eigenvalue weighted by atomic mass is 35.5. The summed E-state index contributed by atoms with van der Waals surface area (Å²) in [4.78, 5) is 2.44. The topological polar surface area (TPSA) is 15.8 Å². The Morgan fingerprint density at radius 2 is 1.87 bits per heavy atom. The molecule has 1 aliphatic rings. The van der Waals surface area contributed by atoms with Gasteiger partial charge in [0.1, 0.15) is 5.82 Å². The van der Waals surface area contributed by atoms with Crippen molar-refractivity contribution in [2.45, 2.75) is 30.9 Å². The van der Waals surface area contributed by atoms with E-state index in [-0.39, 0.29) is 16.3 Å². The second-order valence-corrected chi connectivity index (χ2v) is 6.02. The fourth-order valence-electron chi connectivity index (χ4n) is 3.02. The van der Waals surface area contributed by atoms with Crippen LogP contribution in [0, 0.1) is 5.82 Å². The van der Waals surface area contributed by atoms with Crippen LogP contribution in [0.4, 0.5) is 26.3 Å². The van der Waals surface area contributed by atoms with Crippen LogP contribution in [0.2, 0.25) is 5.02 Å². The van der Waals surface area contributed by atoms with Crippen molar-refractivity contribution in [3.8, 4) is 0 Å². The quantitative estimate of drug-likeness (QED) is 0.648. The highest BCUT2D eigenvalue weighted by Gasteiger charge is 2.46. The van der Waals surface area contributed by atoms with Gasteiger partial charge in [0.05, 0.1) is 5.56 Å². The Morgan fingerprint density at radius 1 is 1.17 bits per heavy atom. The molecule has 8 heteroatoms. The van der Waals surface area contributed by atoms with Gasteiger partial charge in [-0.15, -0.1) is 0 Å². The van der Waals surface area contributed by atoms with E-state index in [9.17, 15) is 26.3 Å². The van der Waals surface area contributed by atoms with Gasteiger partial charge in [0.2, 0.25) is 0 Å². The maximum absolute atomic E-state index is 14.0. The first-order chi connectivity index (χ1) is 10.6. The minimum Gasteiger partial charge on any atom is -0.364 e. The largest absolute Gasteiger partial charge is 0.418 e. The first-order valence-corrected chi connectivity index (χ1v) is 7.06. The van der Waals surface area contributed by atoms with Crippen LogP contribution >= 0.6 is 11.6 Å². The number of rotatable bonds is 1. The lowest BCUT2D eigenvalue weighted by Crippen LogP contribution is -2.30. The lowest BCUT2D eigenvalue weighted by atomic mass is 9.80. The summed E-state index contributed by atoms with van der Waals surface area (Å²) in [5.41, 5.74) is -1.44. The molecule has 124 valence electrons. The van der Waals surface area contributed by atoms with Gasteiger partial charge in [0.25, 0.3) is 5.92 Å². The molecule has 1 aromatic heterocycles. The van der Waals surface area contributed by atoms with Crippen LogP contribution in [0.15, 0.2) is 24.4 Å². The van der Waals surface area contributed by atoms with E-state index in [1.807, 2.05) is 0 Å². The van der Waals surface area contributed by atoms with Crippen LogP contribution in [-0.2, 0) is 12.6 Å². The lowest BCUT2D eigenvalue weighted by molar-refractivity contribution is -0.138. The highest BCUT2D eigenvalue weighted by molar-refractivity contribution is 6.30. The van der Waals surface area contributed by atoms with Gasteiger partial charge in [-0.05, 0) is 29.3 Å². The van der Waals surface area contributed by atoms with Crippen LogP contribution < -0.4 is 0 Å². The van der Waals surface area contributed by atoms with Crippen molar-refractivity contribution in [2.75, 3.05) is 0 Å². The standard InChI is InChI=1S/C15H10ClF6N/c16-8-1-7(2-9(17)3-8)10-4-14(18,19)5-11-12(15(20,21)22)6-23-13(10)11/h1-3,6,10,23H,4-5H2. The van der Waals surface area contributed by atoms with Gasteiger partial charge in [-0.2, -0.15) is 13.2 Å². The molecule has 0 radical (unpaired) electrons. The van der Waals surface area contributed by atoms with E-state index in [1.54, 1.807) is 0 Å². The maximum Gasteiger partial charge on any atom is 0.418 e. The zero-order chi connectivity index (χ0) is 17.0. The molecule has 23 heavy (non-hydrogen) atoms. The van der Waals surface area contributed by atoms with Crippen molar-refractivity contribution in [3.63, 3.8) is 0 Å². The number of nitrogens with one attached hydrogen (secondary N) is 1. The average molecular weight is 354 g/mol. The minimum absolute atomic E-state index is 0.00181. The molecule has 1 unspecified atom stereocenters. The van der Waals surface area contributed by atoms with E-state index in [4.69, 9.17) is 11.6 Å². The van der Waals surface area contributed by atoms with E-state index in [0.717, 1.165) is 12.1 Å². The summed E-state index contributed by atoms with van der Waals surface area (Å²) in [7, 11) is 0. The molecular weight excluding hydrogens is 344 g/mol. The van der Waals surface area contributed by atoms with Crippen LogP contribution in [-0.4, -0.2) is 10.9 Å². The molecule has 0 amide bonds. The first-order valence-electron chi connectivity index (χ1n) is 6.68. The van der Waals surface area contributed by atoms with Crippen molar-refractivity contribution < 1.29 is 26.3 Å². The molecule has 2 aromatic rings. The van der Waals surface area contributed by atoms with E-state index in [0.29, 0.717) is 6.20 Å². The van der Waals surface area contributed by atoms with Gasteiger partial charge in [-0.25, -0.2) is 13.2 Å². The molecule has 0 bridgehead atoms. The number of hydrogen-bond acceptors (Lipinski definition) is 0. The SMILES string of the molecule is Fc1cc(Cl)cc(C2CC(F)(F)Cc3c(C(F)(F)F)c[nH]c32)c1. The average Bonchev–Trinajstić information content (AvgIpc) is 2.78. The number of hydrogen-bond donors (Lipinski definition) is 1. The molecule has 1 N–H and O–H groups in total. The highest BCUT2D eigenvalue weighted by Crippen LogP contribution is 2.47. The minimum atomic E-state index is -4.73. The number of aromatic nitrogens is 1. The Labute approximate surface area is 132 Å². The molecule has 0 saturated heterocycles. The summed E-state index contributed by atoms with van der Waals surface area (Å²) in [6, 6.07) is 3.30. The summed E-state index contributed by atoms with van der Waals surface area (Å²) in [5, 5.41) is -0.00181. The van der Waals surface area contributed by atoms with Gasteiger partial charge >= 0.3 is 6.18 Å². The summed E-state index contributed by atoms with van der Waals surface area (Å²) in [6.07, 6.45) is -5.76. The zero-order valence-corrected chi connectivity index (χ0v) is 12.2. The number of H-pyrrole nitrogens is 1.